The van der Waals surface area contributed by atoms with Gasteiger partial charge >= 0.3 is 0 Å². The normalized spacial score (nSPS) is 20.1. The van der Waals surface area contributed by atoms with Crippen molar-refractivity contribution in [2.75, 3.05) is 32.8 Å². The number of aliphatic hydroxyl groups is 1. The maximum Gasteiger partial charge on any atom is 0.191 e. The summed E-state index contributed by atoms with van der Waals surface area (Å²) in [5, 5.41) is 17.2. The van der Waals surface area contributed by atoms with Crippen molar-refractivity contribution in [1.82, 2.24) is 10.6 Å². The lowest BCUT2D eigenvalue weighted by Gasteiger charge is -2.20. The van der Waals surface area contributed by atoms with Crippen molar-refractivity contribution in [2.24, 2.45) is 10.9 Å². The second kappa shape index (κ2) is 8.91. The standard InChI is InChI=1S/C19H27N3O4/c1-19(23,17-5-3-10-26-17)14-22-18(21-12-15-7-11-24-13-15)20-8-6-16-4-2-9-25-16/h2-5,9-10,15,23H,6-8,11-14H2,1H3,(H2,20,21,22). The fourth-order valence-corrected chi connectivity index (χ4v) is 2.81. The Hall–Kier alpha value is -2.25. The van der Waals surface area contributed by atoms with Crippen LogP contribution in [0.25, 0.3) is 0 Å². The number of hydrogen-bond donors (Lipinski definition) is 3. The third-order valence-electron chi connectivity index (χ3n) is 4.42. The zero-order chi connectivity index (χ0) is 18.2. The lowest BCUT2D eigenvalue weighted by atomic mass is 10.0. The minimum absolute atomic E-state index is 0.192. The van der Waals surface area contributed by atoms with Crippen LogP contribution in [0.5, 0.6) is 0 Å². The number of hydrogen-bond acceptors (Lipinski definition) is 5. The first-order valence-electron chi connectivity index (χ1n) is 9.02. The highest BCUT2D eigenvalue weighted by Gasteiger charge is 2.26. The Morgan fingerprint density at radius 3 is 2.81 bits per heavy atom. The van der Waals surface area contributed by atoms with Crippen molar-refractivity contribution in [3.8, 4) is 0 Å². The molecule has 1 saturated heterocycles. The number of furan rings is 2. The highest BCUT2D eigenvalue weighted by atomic mass is 16.5. The van der Waals surface area contributed by atoms with Crippen LogP contribution in [0.15, 0.2) is 50.6 Å². The number of nitrogens with one attached hydrogen (secondary N) is 2. The van der Waals surface area contributed by atoms with Gasteiger partial charge in [0.05, 0.1) is 25.7 Å². The zero-order valence-electron chi connectivity index (χ0n) is 15.1. The largest absolute Gasteiger partial charge is 0.469 e. The third kappa shape index (κ3) is 5.37. The summed E-state index contributed by atoms with van der Waals surface area (Å²) in [6.45, 7) is 4.95. The van der Waals surface area contributed by atoms with Crippen molar-refractivity contribution < 1.29 is 18.7 Å². The van der Waals surface area contributed by atoms with E-state index in [1.807, 2.05) is 12.1 Å². The van der Waals surface area contributed by atoms with Crippen LogP contribution in [0, 0.1) is 5.92 Å². The van der Waals surface area contributed by atoms with Gasteiger partial charge in [-0.1, -0.05) is 0 Å². The summed E-state index contributed by atoms with van der Waals surface area (Å²) in [5.74, 6) is 2.57. The van der Waals surface area contributed by atoms with Gasteiger partial charge in [0.15, 0.2) is 5.96 Å². The van der Waals surface area contributed by atoms with E-state index >= 15 is 0 Å². The Balaban J connectivity index is 1.56. The zero-order valence-corrected chi connectivity index (χ0v) is 15.1. The Labute approximate surface area is 153 Å². The molecule has 2 unspecified atom stereocenters. The highest BCUT2D eigenvalue weighted by molar-refractivity contribution is 5.79. The number of guanidine groups is 1. The molecule has 2 atom stereocenters. The molecule has 2 aromatic heterocycles. The van der Waals surface area contributed by atoms with Crippen molar-refractivity contribution in [3.63, 3.8) is 0 Å². The second-order valence-corrected chi connectivity index (χ2v) is 6.78. The third-order valence-corrected chi connectivity index (χ3v) is 4.42. The first-order chi connectivity index (χ1) is 12.6. The molecule has 0 aromatic carbocycles. The van der Waals surface area contributed by atoms with Crippen LogP contribution in [0.4, 0.5) is 0 Å². The Kier molecular flexibility index (Phi) is 6.35. The number of rotatable bonds is 8. The van der Waals surface area contributed by atoms with Gasteiger partial charge in [0, 0.05) is 32.0 Å². The lowest BCUT2D eigenvalue weighted by Crippen LogP contribution is -2.42. The van der Waals surface area contributed by atoms with Crippen LogP contribution in [0.1, 0.15) is 24.9 Å². The van der Waals surface area contributed by atoms with Crippen molar-refractivity contribution >= 4 is 5.96 Å². The van der Waals surface area contributed by atoms with Crippen molar-refractivity contribution in [1.29, 1.82) is 0 Å². The number of nitrogens with zero attached hydrogens (tertiary/aromatic N) is 1. The molecular formula is C19H27N3O4. The van der Waals surface area contributed by atoms with E-state index in [9.17, 15) is 5.11 Å². The van der Waals surface area contributed by atoms with Gasteiger partial charge in [0.25, 0.3) is 0 Å². The molecule has 0 aliphatic carbocycles. The molecule has 3 N–H and O–H groups in total. The SMILES string of the molecule is CC(O)(CN=C(NCCc1ccco1)NCC1CCOC1)c1ccco1. The lowest BCUT2D eigenvalue weighted by molar-refractivity contribution is 0.0437. The topological polar surface area (TPSA) is 92.2 Å². The maximum absolute atomic E-state index is 10.6. The summed E-state index contributed by atoms with van der Waals surface area (Å²) in [6.07, 6.45) is 5.03. The van der Waals surface area contributed by atoms with E-state index in [1.165, 1.54) is 0 Å². The Morgan fingerprint density at radius 1 is 1.27 bits per heavy atom. The van der Waals surface area contributed by atoms with Crippen LogP contribution in [-0.4, -0.2) is 43.9 Å². The number of ether oxygens (including phenoxy) is 1. The second-order valence-electron chi connectivity index (χ2n) is 6.78. The van der Waals surface area contributed by atoms with Gasteiger partial charge in [-0.3, -0.25) is 0 Å². The van der Waals surface area contributed by atoms with Gasteiger partial charge in [-0.15, -0.1) is 0 Å². The van der Waals surface area contributed by atoms with Crippen molar-refractivity contribution in [2.45, 2.75) is 25.4 Å². The molecular weight excluding hydrogens is 334 g/mol. The first kappa shape index (κ1) is 18.5. The summed E-state index contributed by atoms with van der Waals surface area (Å²) in [7, 11) is 0. The smallest absolute Gasteiger partial charge is 0.191 e. The van der Waals surface area contributed by atoms with Gasteiger partial charge in [-0.05, 0) is 37.6 Å². The molecule has 142 valence electrons. The van der Waals surface area contributed by atoms with Crippen LogP contribution < -0.4 is 10.6 Å². The predicted octanol–water partition coefficient (Wildman–Crippen LogP) is 1.89. The average Bonchev–Trinajstić information content (AvgIpc) is 3.40. The van der Waals surface area contributed by atoms with Crippen LogP contribution >= 0.6 is 0 Å². The molecule has 1 aliphatic rings. The summed E-state index contributed by atoms with van der Waals surface area (Å²) >= 11 is 0. The monoisotopic (exact) mass is 361 g/mol. The van der Waals surface area contributed by atoms with Crippen LogP contribution in [0.2, 0.25) is 0 Å². The van der Waals surface area contributed by atoms with Gasteiger partial charge < -0.3 is 29.3 Å². The molecule has 1 aliphatic heterocycles. The van der Waals surface area contributed by atoms with Gasteiger partial charge in [-0.25, -0.2) is 4.99 Å². The van der Waals surface area contributed by atoms with E-state index in [1.54, 1.807) is 31.6 Å². The minimum atomic E-state index is -1.16. The van der Waals surface area contributed by atoms with Crippen LogP contribution in [-0.2, 0) is 16.8 Å². The summed E-state index contributed by atoms with van der Waals surface area (Å²) in [5.41, 5.74) is -1.16. The molecule has 26 heavy (non-hydrogen) atoms. The van der Waals surface area contributed by atoms with E-state index in [0.717, 1.165) is 38.4 Å². The molecule has 3 heterocycles. The molecule has 0 saturated carbocycles. The predicted molar refractivity (Wildman–Crippen MR) is 97.9 cm³/mol. The Bertz CT molecular complexity index is 659. The molecule has 0 spiro atoms. The minimum Gasteiger partial charge on any atom is -0.469 e. The summed E-state index contributed by atoms with van der Waals surface area (Å²) < 4.78 is 16.1. The summed E-state index contributed by atoms with van der Waals surface area (Å²) in [4.78, 5) is 4.54. The molecule has 2 aromatic rings. The fourth-order valence-electron chi connectivity index (χ4n) is 2.81. The molecule has 3 rings (SSSR count). The molecule has 0 bridgehead atoms. The van der Waals surface area contributed by atoms with E-state index < -0.39 is 5.60 Å². The van der Waals surface area contributed by atoms with E-state index in [0.29, 0.717) is 24.2 Å². The quantitative estimate of drug-likeness (QED) is 0.491. The van der Waals surface area contributed by atoms with Gasteiger partial charge in [0.2, 0.25) is 0 Å². The van der Waals surface area contributed by atoms with Gasteiger partial charge in [-0.2, -0.15) is 0 Å². The van der Waals surface area contributed by atoms with E-state index in [-0.39, 0.29) is 6.54 Å². The van der Waals surface area contributed by atoms with E-state index in [4.69, 9.17) is 13.6 Å². The van der Waals surface area contributed by atoms with Crippen molar-refractivity contribution in [3.05, 3.63) is 48.3 Å². The van der Waals surface area contributed by atoms with Gasteiger partial charge in [0.1, 0.15) is 17.1 Å². The highest BCUT2D eigenvalue weighted by Crippen LogP contribution is 2.21. The molecule has 7 nitrogen and oxygen atoms in total. The van der Waals surface area contributed by atoms with E-state index in [2.05, 4.69) is 15.6 Å². The Morgan fingerprint density at radius 2 is 2.12 bits per heavy atom. The summed E-state index contributed by atoms with van der Waals surface area (Å²) in [6, 6.07) is 7.34. The molecule has 1 fully saturated rings. The molecule has 0 radical (unpaired) electrons. The first-order valence-corrected chi connectivity index (χ1v) is 9.02. The van der Waals surface area contributed by atoms with Crippen LogP contribution in [0.3, 0.4) is 0 Å². The molecule has 0 amide bonds. The molecule has 7 heteroatoms. The maximum atomic E-state index is 10.6. The average molecular weight is 361 g/mol. The number of aliphatic imine (C=N–C) groups is 1. The fraction of sp³-hybridized carbons (Fsp3) is 0.526.